The van der Waals surface area contributed by atoms with Crippen LogP contribution in [0.1, 0.15) is 62.7 Å². The number of aliphatic imine (C=N–C) groups is 1. The molecule has 1 aromatic heterocycles. The van der Waals surface area contributed by atoms with Crippen LogP contribution in [0.4, 0.5) is 0 Å². The Morgan fingerprint density at radius 3 is 2.69 bits per heavy atom. The van der Waals surface area contributed by atoms with Crippen molar-refractivity contribution in [1.29, 1.82) is 0 Å². The van der Waals surface area contributed by atoms with Gasteiger partial charge in [0.05, 0.1) is 0 Å². The molecular weight excluding hydrogens is 475 g/mol. The number of fused-ring (bicyclic) bond motifs is 1. The Kier molecular flexibility index (Phi) is 9.90. The van der Waals surface area contributed by atoms with Gasteiger partial charge in [-0.05, 0) is 31.7 Å². The molecule has 0 saturated heterocycles. The number of aryl methyl sites for hydroxylation is 2. The fourth-order valence-electron chi connectivity index (χ4n) is 3.76. The van der Waals surface area contributed by atoms with Gasteiger partial charge in [0.15, 0.2) is 5.96 Å². The van der Waals surface area contributed by atoms with Crippen LogP contribution in [0.3, 0.4) is 0 Å². The molecule has 0 bridgehead atoms. The number of nitrogens with zero attached hydrogens (tertiary/aromatic N) is 4. The van der Waals surface area contributed by atoms with Gasteiger partial charge in [0.25, 0.3) is 0 Å². The fraction of sp³-hybridized carbons (Fsp3) is 0.591. The minimum absolute atomic E-state index is 0. The van der Waals surface area contributed by atoms with Crippen LogP contribution in [0.15, 0.2) is 35.3 Å². The second-order valence-electron chi connectivity index (χ2n) is 7.73. The summed E-state index contributed by atoms with van der Waals surface area (Å²) < 4.78 is 2.34. The number of hydrogen-bond acceptors (Lipinski definition) is 3. The van der Waals surface area contributed by atoms with Crippen molar-refractivity contribution in [2.75, 3.05) is 13.6 Å². The summed E-state index contributed by atoms with van der Waals surface area (Å²) >= 11 is 0. The first-order chi connectivity index (χ1) is 13.7. The lowest BCUT2D eigenvalue weighted by atomic mass is 9.94. The Morgan fingerprint density at radius 1 is 1.14 bits per heavy atom. The van der Waals surface area contributed by atoms with E-state index in [1.54, 1.807) is 0 Å². The van der Waals surface area contributed by atoms with Crippen molar-refractivity contribution in [2.24, 2.45) is 4.99 Å². The van der Waals surface area contributed by atoms with Crippen LogP contribution >= 0.6 is 24.0 Å². The van der Waals surface area contributed by atoms with Crippen molar-refractivity contribution in [3.05, 3.63) is 47.5 Å². The van der Waals surface area contributed by atoms with Gasteiger partial charge in [-0.1, -0.05) is 43.7 Å². The molecule has 0 aliphatic carbocycles. The third kappa shape index (κ3) is 6.69. The average molecular weight is 510 g/mol. The largest absolute Gasteiger partial charge is 0.356 e. The lowest BCUT2D eigenvalue weighted by Gasteiger charge is -2.24. The van der Waals surface area contributed by atoms with E-state index in [9.17, 15) is 0 Å². The number of rotatable bonds is 7. The first-order valence-corrected chi connectivity index (χ1v) is 10.6. The van der Waals surface area contributed by atoms with Crippen molar-refractivity contribution in [1.82, 2.24) is 25.4 Å². The van der Waals surface area contributed by atoms with Gasteiger partial charge in [0, 0.05) is 44.9 Å². The predicted octanol–water partition coefficient (Wildman–Crippen LogP) is 3.91. The molecule has 0 radical (unpaired) electrons. The molecule has 1 aromatic carbocycles. The van der Waals surface area contributed by atoms with Crippen LogP contribution in [0.2, 0.25) is 0 Å². The van der Waals surface area contributed by atoms with E-state index in [0.29, 0.717) is 12.0 Å². The molecule has 3 rings (SSSR count). The van der Waals surface area contributed by atoms with Crippen molar-refractivity contribution >= 4 is 29.9 Å². The van der Waals surface area contributed by atoms with E-state index in [-0.39, 0.29) is 24.0 Å². The summed E-state index contributed by atoms with van der Waals surface area (Å²) in [5.74, 6) is 3.57. The topological polar surface area (TPSA) is 67.1 Å². The van der Waals surface area contributed by atoms with Gasteiger partial charge in [-0.2, -0.15) is 0 Å². The second-order valence-corrected chi connectivity index (χ2v) is 7.73. The maximum atomic E-state index is 4.42. The zero-order valence-electron chi connectivity index (χ0n) is 17.9. The van der Waals surface area contributed by atoms with Crippen LogP contribution in [0.5, 0.6) is 0 Å². The van der Waals surface area contributed by atoms with Crippen LogP contribution in [-0.4, -0.2) is 40.4 Å². The fourth-order valence-corrected chi connectivity index (χ4v) is 3.76. The second kappa shape index (κ2) is 12.1. The molecule has 29 heavy (non-hydrogen) atoms. The Balaban J connectivity index is 0.00000300. The summed E-state index contributed by atoms with van der Waals surface area (Å²) in [6.07, 6.45) is 6.81. The summed E-state index contributed by atoms with van der Waals surface area (Å²) in [6, 6.07) is 10.9. The summed E-state index contributed by atoms with van der Waals surface area (Å²) in [5, 5.41) is 15.8. The summed E-state index contributed by atoms with van der Waals surface area (Å²) in [7, 11) is 1.83. The van der Waals surface area contributed by atoms with Crippen molar-refractivity contribution in [3.63, 3.8) is 0 Å². The number of aromatic nitrogens is 3. The van der Waals surface area contributed by atoms with E-state index in [4.69, 9.17) is 0 Å². The standard InChI is InChI=1S/C22H34N6.HI/c1-17(19-11-6-4-7-12-19)18(2)25-22(23-3)24-15-10-14-21-27-26-20-13-8-5-9-16-28(20)21;/h4,6-7,11-12,17-18H,5,8-10,13-16H2,1-3H3,(H2,23,24,25);1H. The first-order valence-electron chi connectivity index (χ1n) is 10.6. The van der Waals surface area contributed by atoms with E-state index in [0.717, 1.165) is 44.1 Å². The minimum atomic E-state index is 0. The van der Waals surface area contributed by atoms with Crippen molar-refractivity contribution in [2.45, 2.75) is 70.9 Å². The molecule has 1 aliphatic heterocycles. The predicted molar refractivity (Wildman–Crippen MR) is 130 cm³/mol. The van der Waals surface area contributed by atoms with Crippen molar-refractivity contribution < 1.29 is 0 Å². The van der Waals surface area contributed by atoms with E-state index < -0.39 is 0 Å². The van der Waals surface area contributed by atoms with E-state index in [2.05, 4.69) is 74.6 Å². The molecule has 160 valence electrons. The van der Waals surface area contributed by atoms with Gasteiger partial charge in [0.2, 0.25) is 0 Å². The molecule has 2 N–H and O–H groups in total. The SMILES string of the molecule is CN=C(NCCCc1nnc2n1CCCCC2)NC(C)C(C)c1ccccc1.I. The molecule has 2 unspecified atom stereocenters. The maximum absolute atomic E-state index is 4.42. The highest BCUT2D eigenvalue weighted by molar-refractivity contribution is 14.0. The van der Waals surface area contributed by atoms with Crippen LogP contribution < -0.4 is 10.6 Å². The lowest BCUT2D eigenvalue weighted by molar-refractivity contribution is 0.547. The number of guanidine groups is 1. The third-order valence-electron chi connectivity index (χ3n) is 5.72. The Bertz CT molecular complexity index is 758. The molecule has 0 spiro atoms. The number of hydrogen-bond donors (Lipinski definition) is 2. The quantitative estimate of drug-likeness (QED) is 0.257. The zero-order valence-corrected chi connectivity index (χ0v) is 20.2. The van der Waals surface area contributed by atoms with Gasteiger partial charge < -0.3 is 15.2 Å². The van der Waals surface area contributed by atoms with Crippen molar-refractivity contribution in [3.8, 4) is 0 Å². The number of halogens is 1. The minimum Gasteiger partial charge on any atom is -0.356 e. The van der Waals surface area contributed by atoms with Gasteiger partial charge in [0.1, 0.15) is 11.6 Å². The van der Waals surface area contributed by atoms with Gasteiger partial charge in [-0.25, -0.2) is 0 Å². The molecule has 7 heteroatoms. The molecule has 2 heterocycles. The van der Waals surface area contributed by atoms with Crippen LogP contribution in [-0.2, 0) is 19.4 Å². The Hall–Kier alpha value is -1.64. The monoisotopic (exact) mass is 510 g/mol. The highest BCUT2D eigenvalue weighted by Gasteiger charge is 2.16. The summed E-state index contributed by atoms with van der Waals surface area (Å²) in [4.78, 5) is 4.38. The Labute approximate surface area is 192 Å². The first kappa shape index (κ1) is 23.6. The smallest absolute Gasteiger partial charge is 0.191 e. The lowest BCUT2D eigenvalue weighted by Crippen LogP contribution is -2.44. The molecule has 1 aliphatic rings. The third-order valence-corrected chi connectivity index (χ3v) is 5.72. The molecule has 0 fully saturated rings. The van der Waals surface area contributed by atoms with E-state index in [1.807, 2.05) is 7.05 Å². The van der Waals surface area contributed by atoms with Gasteiger partial charge >= 0.3 is 0 Å². The molecule has 2 aromatic rings. The number of nitrogens with one attached hydrogen (secondary N) is 2. The maximum Gasteiger partial charge on any atom is 0.191 e. The average Bonchev–Trinajstić information content (AvgIpc) is 2.95. The highest BCUT2D eigenvalue weighted by Crippen LogP contribution is 2.18. The highest BCUT2D eigenvalue weighted by atomic mass is 127. The zero-order chi connectivity index (χ0) is 19.8. The van der Waals surface area contributed by atoms with Gasteiger partial charge in [-0.15, -0.1) is 34.2 Å². The normalized spacial score (nSPS) is 16.2. The molecule has 0 amide bonds. The Morgan fingerprint density at radius 2 is 1.93 bits per heavy atom. The molecular formula is C22H35IN6. The van der Waals surface area contributed by atoms with Crippen LogP contribution in [0.25, 0.3) is 0 Å². The van der Waals surface area contributed by atoms with Crippen LogP contribution in [0, 0.1) is 0 Å². The van der Waals surface area contributed by atoms with E-state index >= 15 is 0 Å². The van der Waals surface area contributed by atoms with E-state index in [1.165, 1.54) is 30.7 Å². The summed E-state index contributed by atoms with van der Waals surface area (Å²) in [6.45, 7) is 6.39. The molecule has 6 nitrogen and oxygen atoms in total. The molecule has 0 saturated carbocycles. The van der Waals surface area contributed by atoms with Gasteiger partial charge in [-0.3, -0.25) is 4.99 Å². The molecule has 2 atom stereocenters. The number of benzene rings is 1. The summed E-state index contributed by atoms with van der Waals surface area (Å²) in [5.41, 5.74) is 1.34.